The number of amides is 1. The van der Waals surface area contributed by atoms with Gasteiger partial charge < -0.3 is 57.4 Å². The molecule has 0 aliphatic carbocycles. The number of hydrogen-bond donors (Lipinski definition) is 2. The molecule has 328 valence electrons. The highest BCUT2D eigenvalue weighted by molar-refractivity contribution is 7.80. The number of esters is 5. The molecule has 0 unspecified atom stereocenters. The fourth-order valence-electron chi connectivity index (χ4n) is 6.03. The number of rotatable bonds is 17. The van der Waals surface area contributed by atoms with Crippen LogP contribution >= 0.6 is 0 Å². The minimum absolute atomic E-state index is 0.168. The molecule has 0 saturated carbocycles. The van der Waals surface area contributed by atoms with E-state index in [4.69, 9.17) is 46.8 Å². The van der Waals surface area contributed by atoms with Crippen LogP contribution in [0, 0.1) is 0 Å². The normalized spacial score (nSPS) is 26.9. The zero-order valence-electron chi connectivity index (χ0n) is 33.9. The fraction of sp³-hybridized carbons (Fsp3) is 0.667. The molecule has 10 atom stereocenters. The molecule has 1 aromatic carbocycles. The molecule has 0 bridgehead atoms. The molecular weight excluding hydrogens is 796 g/mol. The van der Waals surface area contributed by atoms with Gasteiger partial charge in [-0.05, 0) is 26.3 Å². The van der Waals surface area contributed by atoms with Gasteiger partial charge in [0.15, 0.2) is 37.0 Å². The van der Waals surface area contributed by atoms with Crippen molar-refractivity contribution in [2.24, 2.45) is 0 Å². The van der Waals surface area contributed by atoms with Crippen molar-refractivity contribution in [1.29, 1.82) is 0 Å². The van der Waals surface area contributed by atoms with E-state index < -0.39 is 114 Å². The summed E-state index contributed by atoms with van der Waals surface area (Å²) in [7, 11) is -4.68. The predicted molar refractivity (Wildman–Crippen MR) is 193 cm³/mol. The summed E-state index contributed by atoms with van der Waals surface area (Å²) < 4.78 is 90.6. The van der Waals surface area contributed by atoms with E-state index in [-0.39, 0.29) is 6.61 Å². The number of benzene rings is 1. The Morgan fingerprint density at radius 3 is 1.76 bits per heavy atom. The lowest BCUT2D eigenvalue weighted by atomic mass is 9.94. The second kappa shape index (κ2) is 24.0. The number of quaternary nitrogens is 1. The van der Waals surface area contributed by atoms with E-state index in [0.29, 0.717) is 5.56 Å². The Labute approximate surface area is 337 Å². The zero-order valence-corrected chi connectivity index (χ0v) is 34.7. The highest BCUT2D eigenvalue weighted by Crippen LogP contribution is 2.35. The molecule has 0 spiro atoms. The van der Waals surface area contributed by atoms with Crippen LogP contribution in [0.1, 0.15) is 61.0 Å². The fourth-order valence-corrected chi connectivity index (χ4v) is 6.53. The van der Waals surface area contributed by atoms with Crippen molar-refractivity contribution in [2.75, 3.05) is 33.4 Å². The number of carbonyl (C=O) groups is 6. The van der Waals surface area contributed by atoms with Gasteiger partial charge in [-0.2, -0.15) is 0 Å². The van der Waals surface area contributed by atoms with E-state index in [1.54, 1.807) is 35.2 Å². The lowest BCUT2D eigenvalue weighted by molar-refractivity contribution is -0.894. The monoisotopic (exact) mass is 850 g/mol. The van der Waals surface area contributed by atoms with Gasteiger partial charge in [0, 0.05) is 34.6 Å². The van der Waals surface area contributed by atoms with Crippen LogP contribution < -0.4 is 10.2 Å². The Bertz CT molecular complexity index is 1620. The second-order valence-corrected chi connectivity index (χ2v) is 13.9. The first-order valence-electron chi connectivity index (χ1n) is 18.3. The maximum atomic E-state index is 13.0. The van der Waals surface area contributed by atoms with E-state index >= 15 is 0 Å². The summed E-state index contributed by atoms with van der Waals surface area (Å²) in [5.41, 5.74) is 0.615. The van der Waals surface area contributed by atoms with Crippen LogP contribution in [0.25, 0.3) is 0 Å². The largest absolute Gasteiger partial charge is 0.726 e. The van der Waals surface area contributed by atoms with E-state index in [9.17, 15) is 41.7 Å². The van der Waals surface area contributed by atoms with Gasteiger partial charge in [-0.1, -0.05) is 30.3 Å². The summed E-state index contributed by atoms with van der Waals surface area (Å²) in [5, 5.41) is 2.48. The molecule has 3 rings (SSSR count). The van der Waals surface area contributed by atoms with Gasteiger partial charge in [0.2, 0.25) is 16.3 Å². The first kappa shape index (κ1) is 49.9. The number of hydrogen-bond acceptors (Lipinski definition) is 19. The summed E-state index contributed by atoms with van der Waals surface area (Å²) in [6.45, 7) is 14.5. The Morgan fingerprint density at radius 1 is 0.741 bits per heavy atom. The van der Waals surface area contributed by atoms with Crippen molar-refractivity contribution in [2.45, 2.75) is 123 Å². The quantitative estimate of drug-likeness (QED) is 0.0811. The summed E-state index contributed by atoms with van der Waals surface area (Å²) in [6, 6.07) is 6.95. The highest BCUT2D eigenvalue weighted by atomic mass is 32.3. The first-order valence-corrected chi connectivity index (χ1v) is 19.7. The molecule has 0 aromatic heterocycles. The summed E-state index contributed by atoms with van der Waals surface area (Å²) >= 11 is 0. The Hall–Kier alpha value is -4.29. The maximum Gasteiger partial charge on any atom is 0.339 e. The minimum Gasteiger partial charge on any atom is -0.726 e. The van der Waals surface area contributed by atoms with Gasteiger partial charge in [-0.3, -0.25) is 28.2 Å². The molecule has 2 N–H and O–H groups in total. The summed E-state index contributed by atoms with van der Waals surface area (Å²) in [4.78, 5) is 75.6. The maximum absolute atomic E-state index is 13.0. The third-order valence-electron chi connectivity index (χ3n) is 8.58. The van der Waals surface area contributed by atoms with Gasteiger partial charge in [0.25, 0.3) is 0 Å². The zero-order chi connectivity index (χ0) is 43.7. The molecule has 1 aromatic rings. The number of methoxy groups -OCH3 is 1. The molecule has 1 amide bonds. The molecular formula is C36H54N2O19S. The lowest BCUT2D eigenvalue weighted by Gasteiger charge is -2.49. The molecule has 2 heterocycles. The van der Waals surface area contributed by atoms with Crippen molar-refractivity contribution >= 4 is 46.2 Å². The Morgan fingerprint density at radius 2 is 1.29 bits per heavy atom. The van der Waals surface area contributed by atoms with E-state index in [1.165, 1.54) is 19.6 Å². The average Bonchev–Trinajstić information content (AvgIpc) is 3.13. The highest BCUT2D eigenvalue weighted by Gasteiger charge is 2.58. The van der Waals surface area contributed by atoms with Gasteiger partial charge in [-0.15, -0.1) is 0 Å². The van der Waals surface area contributed by atoms with Crippen molar-refractivity contribution in [1.82, 2.24) is 5.32 Å². The molecule has 2 aliphatic heterocycles. The Kier molecular flexibility index (Phi) is 20.6. The Balaban J connectivity index is 0.00000151. The molecule has 58 heavy (non-hydrogen) atoms. The van der Waals surface area contributed by atoms with E-state index in [2.05, 4.69) is 26.1 Å². The second-order valence-electron chi connectivity index (χ2n) is 12.9. The molecule has 2 aliphatic rings. The predicted octanol–water partition coefficient (Wildman–Crippen LogP) is -1.15. The topological polar surface area (TPSA) is 268 Å². The standard InChI is InChI=1S/C30H39NO19S.C6H15N/c1-14(32)31-21-23(22(50-51(38,39)40)20(13-42-15(2)33)47-29(21)43-12-19-10-8-7-9-11-19)48-30-27(46-18(5)36)25(45-17(4)35)24(44-16(3)34)26(49-30)28(37)41-6;1-4-7(5-2)6-3/h7-11,20-27,29-30H,12-13H2,1-6H3,(H,31,32)(H,38,39,40);4-6H2,1-3H3/t20-,21-,22-,23-,24+,25+,26+,27-,29-,30-;/m1./s1. The average molecular weight is 851 g/mol. The summed E-state index contributed by atoms with van der Waals surface area (Å²) in [6.07, 6.45) is -16.8. The van der Waals surface area contributed by atoms with Gasteiger partial charge >= 0.3 is 29.8 Å². The smallest absolute Gasteiger partial charge is 0.339 e. The van der Waals surface area contributed by atoms with Crippen molar-refractivity contribution in [3.8, 4) is 0 Å². The molecule has 0 radical (unpaired) electrons. The molecule has 22 heteroatoms. The van der Waals surface area contributed by atoms with Gasteiger partial charge in [0.1, 0.15) is 31.0 Å². The third kappa shape index (κ3) is 16.2. The third-order valence-corrected chi connectivity index (χ3v) is 9.04. The van der Waals surface area contributed by atoms with Crippen LogP contribution in [0.2, 0.25) is 0 Å². The number of ether oxygens (including phenoxy) is 9. The van der Waals surface area contributed by atoms with Crippen LogP contribution in [0.4, 0.5) is 0 Å². The number of nitrogens with one attached hydrogen (secondary N) is 2. The van der Waals surface area contributed by atoms with Crippen LogP contribution in [0.15, 0.2) is 30.3 Å². The molecule has 2 fully saturated rings. The van der Waals surface area contributed by atoms with Crippen LogP contribution in [0.3, 0.4) is 0 Å². The van der Waals surface area contributed by atoms with E-state index in [1.807, 2.05) is 0 Å². The first-order chi connectivity index (χ1) is 27.2. The van der Waals surface area contributed by atoms with Gasteiger partial charge in [0.05, 0.1) is 33.4 Å². The SMILES string of the molecule is CC[NH+](CC)CC.COC(=O)[C@H]1O[C@@H](O[C@@H]2[C@@H](NC(C)=O)[C@H](OCc3ccccc3)O[C@H](COC(C)=O)[C@H]2OS(=O)(=O)[O-])[C@H](OC(C)=O)[C@@H](OC(C)=O)[C@@H]1OC(C)=O. The molecule has 2 saturated heterocycles. The van der Waals surface area contributed by atoms with Crippen LogP contribution in [0.5, 0.6) is 0 Å². The summed E-state index contributed by atoms with van der Waals surface area (Å²) in [5.74, 6) is -5.80. The minimum atomic E-state index is -5.63. The van der Waals surface area contributed by atoms with Crippen molar-refractivity contribution in [3.05, 3.63) is 35.9 Å². The molecule has 21 nitrogen and oxygen atoms in total. The van der Waals surface area contributed by atoms with E-state index in [0.717, 1.165) is 41.7 Å². The number of carbonyl (C=O) groups excluding carboxylic acids is 6. The lowest BCUT2D eigenvalue weighted by Crippen LogP contribution is -3.11. The van der Waals surface area contributed by atoms with Crippen LogP contribution in [-0.4, -0.2) is 143 Å². The van der Waals surface area contributed by atoms with Crippen molar-refractivity contribution in [3.63, 3.8) is 0 Å². The van der Waals surface area contributed by atoms with Crippen LogP contribution in [-0.2, 0) is 92.6 Å². The van der Waals surface area contributed by atoms with Gasteiger partial charge in [-0.25, -0.2) is 13.2 Å². The van der Waals surface area contributed by atoms with Crippen molar-refractivity contribution < 1.29 is 93.5 Å².